The molecule has 0 aromatic heterocycles. The summed E-state index contributed by atoms with van der Waals surface area (Å²) in [5.41, 5.74) is -1.93. The molecule has 122 valence electrons. The Morgan fingerprint density at radius 2 is 0.952 bits per heavy atom. The van der Waals surface area contributed by atoms with Crippen molar-refractivity contribution in [1.82, 2.24) is 0 Å². The van der Waals surface area contributed by atoms with E-state index in [1.807, 2.05) is 27.7 Å². The molecule has 2 saturated heterocycles. The fraction of sp³-hybridized carbons (Fsp3) is 0.812. The fourth-order valence-electron chi connectivity index (χ4n) is 1.54. The van der Waals surface area contributed by atoms with Crippen molar-refractivity contribution in [2.24, 2.45) is 16.2 Å². The number of carbonyl (C=O) groups excluding carboxylic acids is 3. The molecule has 2 rings (SSSR count). The van der Waals surface area contributed by atoms with Crippen molar-refractivity contribution in [1.29, 1.82) is 0 Å². The smallest absolute Gasteiger partial charge is 0.320 e. The number of ether oxygens (including phenoxy) is 2. The van der Waals surface area contributed by atoms with Gasteiger partial charge in [0.15, 0.2) is 0 Å². The summed E-state index contributed by atoms with van der Waals surface area (Å²) in [6.07, 6.45) is 0. The minimum atomic E-state index is -0.690. The summed E-state index contributed by atoms with van der Waals surface area (Å²) in [4.78, 5) is 32.9. The minimum Gasteiger partial charge on any atom is -0.458 e. The van der Waals surface area contributed by atoms with E-state index in [1.165, 1.54) is 0 Å². The van der Waals surface area contributed by atoms with Crippen molar-refractivity contribution in [3.63, 3.8) is 0 Å². The second kappa shape index (κ2) is 5.11. The molecule has 0 N–H and O–H groups in total. The molecule has 0 aromatic rings. The minimum absolute atomic E-state index is 0. The summed E-state index contributed by atoms with van der Waals surface area (Å²) in [5.74, 6) is -0.938. The van der Waals surface area contributed by atoms with E-state index < -0.39 is 22.8 Å². The summed E-state index contributed by atoms with van der Waals surface area (Å²) >= 11 is 0. The van der Waals surface area contributed by atoms with Gasteiger partial charge < -0.3 is 9.47 Å². The van der Waals surface area contributed by atoms with Gasteiger partial charge in [0, 0.05) is 0 Å². The van der Waals surface area contributed by atoms with Crippen molar-refractivity contribution in [2.75, 3.05) is 0 Å². The summed E-state index contributed by atoms with van der Waals surface area (Å²) < 4.78 is 9.42. The highest BCUT2D eigenvalue weighted by molar-refractivity contribution is 6.00. The van der Waals surface area contributed by atoms with Crippen molar-refractivity contribution >= 4 is 17.9 Å². The molecule has 0 radical (unpaired) electrons. The monoisotopic (exact) mass is 300 g/mol. The Morgan fingerprint density at radius 1 is 0.619 bits per heavy atom. The maximum absolute atomic E-state index is 11.1. The molecule has 21 heavy (non-hydrogen) atoms. The summed E-state index contributed by atoms with van der Waals surface area (Å²) in [7, 11) is 0. The lowest BCUT2D eigenvalue weighted by Crippen LogP contribution is -2.60. The van der Waals surface area contributed by atoms with Gasteiger partial charge in [-0.3, -0.25) is 14.4 Å². The van der Waals surface area contributed by atoms with E-state index in [0.717, 1.165) is 0 Å². The van der Waals surface area contributed by atoms with Gasteiger partial charge in [-0.1, -0.05) is 7.43 Å². The van der Waals surface area contributed by atoms with Gasteiger partial charge in [-0.15, -0.1) is 0 Å². The number of hydrogen-bond acceptors (Lipinski definition) is 5. The molecule has 0 amide bonds. The molecule has 0 aliphatic carbocycles. The zero-order valence-electron chi connectivity index (χ0n) is 13.5. The number of rotatable bonds is 0. The topological polar surface area (TPSA) is 69.7 Å². The van der Waals surface area contributed by atoms with Crippen molar-refractivity contribution in [2.45, 2.75) is 68.4 Å². The summed E-state index contributed by atoms with van der Waals surface area (Å²) in [5, 5.41) is 0. The van der Waals surface area contributed by atoms with Crippen LogP contribution in [0, 0.1) is 16.2 Å². The van der Waals surface area contributed by atoms with Crippen LogP contribution in [0.25, 0.3) is 0 Å². The Bertz CT molecular complexity index is 445. The highest BCUT2D eigenvalue weighted by atomic mass is 16.6. The SMILES string of the molecule is C.CC1(C)C(=O)OC(=O)C1(C)C.CC1(C)OC(=O)C1(C)C. The average molecular weight is 300 g/mol. The third-order valence-electron chi connectivity index (χ3n) is 5.13. The normalized spacial score (nSPS) is 26.4. The molecule has 0 aromatic carbocycles. The lowest BCUT2D eigenvalue weighted by atomic mass is 9.70. The van der Waals surface area contributed by atoms with Gasteiger partial charge in [0.25, 0.3) is 0 Å². The summed E-state index contributed by atoms with van der Waals surface area (Å²) in [6, 6.07) is 0. The standard InChI is InChI=1S/C8H12O3.C7H12O2.CH4/c1-7(2)5(9)11-6(10)8(7,3)4;1-6(2)5(8)9-7(6,3)4;/h1-4H3;1-4H3;1H4. The second-order valence-corrected chi connectivity index (χ2v) is 7.45. The van der Waals surface area contributed by atoms with Crippen LogP contribution in [0.4, 0.5) is 0 Å². The largest absolute Gasteiger partial charge is 0.458 e. The van der Waals surface area contributed by atoms with Crippen LogP contribution < -0.4 is 0 Å². The van der Waals surface area contributed by atoms with Crippen LogP contribution in [-0.2, 0) is 23.9 Å². The fourth-order valence-corrected chi connectivity index (χ4v) is 1.54. The van der Waals surface area contributed by atoms with Gasteiger partial charge in [0.2, 0.25) is 0 Å². The average Bonchev–Trinajstić information content (AvgIpc) is 2.40. The highest BCUT2D eigenvalue weighted by Gasteiger charge is 2.57. The van der Waals surface area contributed by atoms with Gasteiger partial charge >= 0.3 is 17.9 Å². The molecular weight excluding hydrogens is 272 g/mol. The third kappa shape index (κ3) is 2.70. The molecule has 0 atom stereocenters. The first-order valence-corrected chi connectivity index (χ1v) is 6.68. The quantitative estimate of drug-likeness (QED) is 0.508. The zero-order chi connectivity index (χ0) is 16.1. The van der Waals surface area contributed by atoms with Gasteiger partial charge in [0.05, 0.1) is 10.8 Å². The maximum atomic E-state index is 11.1. The summed E-state index contributed by atoms with van der Waals surface area (Å²) in [6.45, 7) is 14.5. The van der Waals surface area contributed by atoms with E-state index in [4.69, 9.17) is 4.74 Å². The lowest BCUT2D eigenvalue weighted by Gasteiger charge is -2.48. The van der Waals surface area contributed by atoms with Crippen LogP contribution in [-0.4, -0.2) is 23.5 Å². The van der Waals surface area contributed by atoms with Crippen molar-refractivity contribution in [3.8, 4) is 0 Å². The maximum Gasteiger partial charge on any atom is 0.320 e. The number of esters is 3. The van der Waals surface area contributed by atoms with Gasteiger partial charge in [-0.25, -0.2) is 0 Å². The third-order valence-corrected chi connectivity index (χ3v) is 5.13. The second-order valence-electron chi connectivity index (χ2n) is 7.45. The Balaban J connectivity index is 0.000000370. The van der Waals surface area contributed by atoms with Crippen LogP contribution >= 0.6 is 0 Å². The number of cyclic esters (lactones) is 3. The molecule has 2 fully saturated rings. The molecule has 0 unspecified atom stereocenters. The van der Waals surface area contributed by atoms with Gasteiger partial charge in [0.1, 0.15) is 11.0 Å². The van der Waals surface area contributed by atoms with Crippen LogP contribution in [0.2, 0.25) is 0 Å². The molecule has 0 saturated carbocycles. The predicted octanol–water partition coefficient (Wildman–Crippen LogP) is 3.11. The number of hydrogen-bond donors (Lipinski definition) is 0. The Morgan fingerprint density at radius 3 is 1.00 bits per heavy atom. The molecule has 5 nitrogen and oxygen atoms in total. The highest BCUT2D eigenvalue weighted by Crippen LogP contribution is 2.45. The van der Waals surface area contributed by atoms with Gasteiger partial charge in [-0.2, -0.15) is 0 Å². The van der Waals surface area contributed by atoms with E-state index in [9.17, 15) is 14.4 Å². The van der Waals surface area contributed by atoms with E-state index >= 15 is 0 Å². The van der Waals surface area contributed by atoms with E-state index in [-0.39, 0.29) is 24.4 Å². The molecule has 2 aliphatic rings. The van der Waals surface area contributed by atoms with Crippen LogP contribution in [0.5, 0.6) is 0 Å². The van der Waals surface area contributed by atoms with Gasteiger partial charge in [-0.05, 0) is 55.4 Å². The molecular formula is C16H28O5. The molecule has 2 heterocycles. The first kappa shape index (κ1) is 19.6. The van der Waals surface area contributed by atoms with Crippen LogP contribution in [0.15, 0.2) is 0 Å². The van der Waals surface area contributed by atoms with Crippen LogP contribution in [0.1, 0.15) is 62.8 Å². The Kier molecular flexibility index (Phi) is 4.77. The molecule has 2 aliphatic heterocycles. The van der Waals surface area contributed by atoms with E-state index in [2.05, 4.69) is 4.74 Å². The Hall–Kier alpha value is -1.39. The predicted molar refractivity (Wildman–Crippen MR) is 79.3 cm³/mol. The molecule has 0 bridgehead atoms. The van der Waals surface area contributed by atoms with E-state index in [1.54, 1.807) is 27.7 Å². The lowest BCUT2D eigenvalue weighted by molar-refractivity contribution is -0.225. The first-order valence-electron chi connectivity index (χ1n) is 6.68. The molecule has 0 spiro atoms. The van der Waals surface area contributed by atoms with Crippen molar-refractivity contribution in [3.05, 3.63) is 0 Å². The first-order chi connectivity index (χ1) is 8.68. The zero-order valence-corrected chi connectivity index (χ0v) is 13.5. The number of carbonyl (C=O) groups is 3. The van der Waals surface area contributed by atoms with Crippen LogP contribution in [0.3, 0.4) is 0 Å². The molecule has 5 heteroatoms. The Labute approximate surface area is 127 Å². The van der Waals surface area contributed by atoms with Crippen molar-refractivity contribution < 1.29 is 23.9 Å². The van der Waals surface area contributed by atoms with E-state index in [0.29, 0.717) is 0 Å².